The predicted molar refractivity (Wildman–Crippen MR) is 78.3 cm³/mol. The van der Waals surface area contributed by atoms with E-state index in [1.54, 1.807) is 0 Å². The highest BCUT2D eigenvalue weighted by molar-refractivity contribution is 5.73. The summed E-state index contributed by atoms with van der Waals surface area (Å²) in [5.41, 5.74) is 0. The third-order valence-electron chi connectivity index (χ3n) is 3.51. The highest BCUT2D eigenvalue weighted by atomic mass is 16.6. The van der Waals surface area contributed by atoms with E-state index in [2.05, 4.69) is 17.2 Å². The van der Waals surface area contributed by atoms with Crippen LogP contribution in [0.2, 0.25) is 0 Å². The summed E-state index contributed by atoms with van der Waals surface area (Å²) in [7, 11) is 0. The molecule has 0 aromatic rings. The van der Waals surface area contributed by atoms with Crippen molar-refractivity contribution < 1.29 is 19.1 Å². The van der Waals surface area contributed by atoms with Gasteiger partial charge in [0.25, 0.3) is 0 Å². The monoisotopic (exact) mass is 298 g/mol. The summed E-state index contributed by atoms with van der Waals surface area (Å²) in [5, 5.41) is 6.45. The molecule has 6 heteroatoms. The molecule has 1 rings (SSSR count). The molecule has 120 valence electrons. The number of nitrogens with zero attached hydrogens (tertiary/aromatic N) is 2. The van der Waals surface area contributed by atoms with Crippen LogP contribution in [0, 0.1) is 0 Å². The van der Waals surface area contributed by atoms with E-state index in [0.717, 1.165) is 44.9 Å². The van der Waals surface area contributed by atoms with Crippen LogP contribution in [0.5, 0.6) is 0 Å². The molecule has 0 radical (unpaired) electrons. The average molecular weight is 298 g/mol. The third-order valence-corrected chi connectivity index (χ3v) is 3.51. The lowest BCUT2D eigenvalue weighted by atomic mass is 9.98. The van der Waals surface area contributed by atoms with Gasteiger partial charge in [0.05, 0.1) is 6.61 Å². The van der Waals surface area contributed by atoms with Crippen molar-refractivity contribution in [2.75, 3.05) is 6.61 Å². The van der Waals surface area contributed by atoms with Crippen molar-refractivity contribution in [3.05, 3.63) is 0 Å². The second-order valence-electron chi connectivity index (χ2n) is 5.37. The maximum atomic E-state index is 11.4. The molecule has 0 heterocycles. The van der Waals surface area contributed by atoms with Crippen LogP contribution in [0.1, 0.15) is 71.1 Å². The number of carbonyl (C=O) groups is 2. The second-order valence-corrected chi connectivity index (χ2v) is 5.37. The molecule has 0 bridgehead atoms. The fourth-order valence-electron chi connectivity index (χ4n) is 2.32. The van der Waals surface area contributed by atoms with E-state index in [1.165, 1.54) is 19.3 Å². The van der Waals surface area contributed by atoms with Crippen LogP contribution < -0.4 is 0 Å². The second kappa shape index (κ2) is 11.2. The lowest BCUT2D eigenvalue weighted by molar-refractivity contribution is 0.0812. The molecular formula is C15H26N2O4. The summed E-state index contributed by atoms with van der Waals surface area (Å²) in [6, 6.07) is 0. The standard InChI is InChI=1S/C15H26N2O4/c1-2-3-4-5-9-12-20-14(18)16-17-15(19)21-13-10-7-6-8-11-13/h13H,2-12H2,1H3/b17-16+. The Kier molecular flexibility index (Phi) is 9.40. The number of ether oxygens (including phenoxy) is 2. The van der Waals surface area contributed by atoms with Gasteiger partial charge in [-0.2, -0.15) is 0 Å². The van der Waals surface area contributed by atoms with Crippen molar-refractivity contribution in [2.45, 2.75) is 77.2 Å². The number of carbonyl (C=O) groups excluding carboxylic acids is 2. The van der Waals surface area contributed by atoms with Crippen molar-refractivity contribution in [3.63, 3.8) is 0 Å². The third kappa shape index (κ3) is 9.15. The first-order valence-electron chi connectivity index (χ1n) is 8.01. The quantitative estimate of drug-likeness (QED) is 0.488. The van der Waals surface area contributed by atoms with Gasteiger partial charge in [-0.15, -0.1) is 0 Å². The molecule has 0 saturated heterocycles. The molecular weight excluding hydrogens is 272 g/mol. The first-order valence-corrected chi connectivity index (χ1v) is 8.01. The van der Waals surface area contributed by atoms with E-state index in [0.29, 0.717) is 6.61 Å². The van der Waals surface area contributed by atoms with Gasteiger partial charge < -0.3 is 9.47 Å². The van der Waals surface area contributed by atoms with Crippen molar-refractivity contribution in [3.8, 4) is 0 Å². The van der Waals surface area contributed by atoms with Crippen molar-refractivity contribution in [2.24, 2.45) is 10.2 Å². The largest absolute Gasteiger partial charge is 0.452 e. The molecule has 21 heavy (non-hydrogen) atoms. The Morgan fingerprint density at radius 1 is 0.952 bits per heavy atom. The zero-order valence-electron chi connectivity index (χ0n) is 12.9. The topological polar surface area (TPSA) is 77.3 Å². The molecule has 1 aliphatic rings. The number of hydrogen-bond donors (Lipinski definition) is 0. The van der Waals surface area contributed by atoms with Crippen molar-refractivity contribution in [1.82, 2.24) is 0 Å². The zero-order chi connectivity index (χ0) is 15.3. The predicted octanol–water partition coefficient (Wildman–Crippen LogP) is 5.01. The van der Waals surface area contributed by atoms with Gasteiger partial charge in [-0.05, 0) is 32.1 Å². The molecule has 1 aliphatic carbocycles. The lowest BCUT2D eigenvalue weighted by Crippen LogP contribution is -2.18. The Balaban J connectivity index is 2.07. The normalized spacial score (nSPS) is 16.0. The van der Waals surface area contributed by atoms with Crippen LogP contribution in [0.15, 0.2) is 10.2 Å². The van der Waals surface area contributed by atoms with E-state index < -0.39 is 12.2 Å². The molecule has 1 saturated carbocycles. The van der Waals surface area contributed by atoms with Gasteiger partial charge in [0, 0.05) is 0 Å². The van der Waals surface area contributed by atoms with Crippen LogP contribution in [0.25, 0.3) is 0 Å². The van der Waals surface area contributed by atoms with Crippen LogP contribution in [0.3, 0.4) is 0 Å². The Morgan fingerprint density at radius 3 is 2.33 bits per heavy atom. The molecule has 0 aliphatic heterocycles. The highest BCUT2D eigenvalue weighted by Gasteiger charge is 2.17. The molecule has 0 aromatic heterocycles. The van der Waals surface area contributed by atoms with Crippen molar-refractivity contribution in [1.29, 1.82) is 0 Å². The number of amides is 2. The Bertz CT molecular complexity index is 339. The molecule has 0 aromatic carbocycles. The van der Waals surface area contributed by atoms with Gasteiger partial charge in [0.2, 0.25) is 0 Å². The van der Waals surface area contributed by atoms with Crippen LogP contribution in [0.4, 0.5) is 9.59 Å². The summed E-state index contributed by atoms with van der Waals surface area (Å²) in [4.78, 5) is 22.6. The summed E-state index contributed by atoms with van der Waals surface area (Å²) >= 11 is 0. The molecule has 2 amide bonds. The van der Waals surface area contributed by atoms with Crippen LogP contribution in [-0.4, -0.2) is 24.9 Å². The summed E-state index contributed by atoms with van der Waals surface area (Å²) in [6.07, 6.45) is 8.68. The molecule has 0 atom stereocenters. The molecule has 0 spiro atoms. The average Bonchev–Trinajstić information content (AvgIpc) is 2.50. The maximum Gasteiger partial charge on any atom is 0.452 e. The van der Waals surface area contributed by atoms with E-state index in [1.807, 2.05) is 0 Å². The summed E-state index contributed by atoms with van der Waals surface area (Å²) in [5.74, 6) is 0. The van der Waals surface area contributed by atoms with Gasteiger partial charge in [0.1, 0.15) is 6.10 Å². The SMILES string of the molecule is CCCCCCCOC(=O)/N=N/C(=O)OC1CCCCC1. The van der Waals surface area contributed by atoms with E-state index in [9.17, 15) is 9.59 Å². The van der Waals surface area contributed by atoms with Gasteiger partial charge in [-0.25, -0.2) is 9.59 Å². The van der Waals surface area contributed by atoms with E-state index in [-0.39, 0.29) is 6.10 Å². The van der Waals surface area contributed by atoms with Gasteiger partial charge in [-0.1, -0.05) is 49.3 Å². The number of hydrogen-bond acceptors (Lipinski definition) is 4. The smallest absolute Gasteiger partial charge is 0.447 e. The number of azo groups is 1. The molecule has 1 fully saturated rings. The molecule has 6 nitrogen and oxygen atoms in total. The zero-order valence-corrected chi connectivity index (χ0v) is 12.9. The maximum absolute atomic E-state index is 11.4. The Hall–Kier alpha value is -1.46. The van der Waals surface area contributed by atoms with Crippen molar-refractivity contribution >= 4 is 12.2 Å². The first kappa shape index (κ1) is 17.6. The molecule has 0 N–H and O–H groups in total. The van der Waals surface area contributed by atoms with Gasteiger partial charge in [-0.3, -0.25) is 0 Å². The lowest BCUT2D eigenvalue weighted by Gasteiger charge is -2.20. The fraction of sp³-hybridized carbons (Fsp3) is 0.867. The summed E-state index contributed by atoms with van der Waals surface area (Å²) < 4.78 is 9.96. The number of unbranched alkanes of at least 4 members (excludes halogenated alkanes) is 4. The van der Waals surface area contributed by atoms with Gasteiger partial charge >= 0.3 is 12.2 Å². The minimum Gasteiger partial charge on any atom is -0.447 e. The first-order chi connectivity index (χ1) is 10.2. The highest BCUT2D eigenvalue weighted by Crippen LogP contribution is 2.20. The van der Waals surface area contributed by atoms with Gasteiger partial charge in [0.15, 0.2) is 0 Å². The van der Waals surface area contributed by atoms with Crippen LogP contribution >= 0.6 is 0 Å². The number of rotatable bonds is 7. The van der Waals surface area contributed by atoms with E-state index in [4.69, 9.17) is 9.47 Å². The van der Waals surface area contributed by atoms with E-state index >= 15 is 0 Å². The minimum atomic E-state index is -0.828. The minimum absolute atomic E-state index is 0.0835. The fourth-order valence-corrected chi connectivity index (χ4v) is 2.32. The Labute approximate surface area is 126 Å². The molecule has 0 unspecified atom stereocenters. The Morgan fingerprint density at radius 2 is 1.62 bits per heavy atom. The summed E-state index contributed by atoms with van der Waals surface area (Å²) in [6.45, 7) is 2.46. The van der Waals surface area contributed by atoms with Crippen LogP contribution in [-0.2, 0) is 9.47 Å².